The summed E-state index contributed by atoms with van der Waals surface area (Å²) in [6.07, 6.45) is 0. The number of rotatable bonds is 5. The van der Waals surface area contributed by atoms with Gasteiger partial charge < -0.3 is 10.1 Å². The molecule has 0 aromatic heterocycles. The van der Waals surface area contributed by atoms with Crippen molar-refractivity contribution in [3.8, 4) is 5.75 Å². The van der Waals surface area contributed by atoms with Gasteiger partial charge in [0.15, 0.2) is 0 Å². The molecule has 0 heterocycles. The van der Waals surface area contributed by atoms with Crippen LogP contribution in [0, 0.1) is 5.82 Å². The molecule has 3 heteroatoms. The van der Waals surface area contributed by atoms with Gasteiger partial charge in [0.05, 0.1) is 0 Å². The summed E-state index contributed by atoms with van der Waals surface area (Å²) in [5, 5.41) is 3.46. The molecule has 0 radical (unpaired) electrons. The predicted octanol–water partition coefficient (Wildman–Crippen LogP) is 4.29. The van der Waals surface area contributed by atoms with Crippen molar-refractivity contribution in [1.29, 1.82) is 0 Å². The summed E-state index contributed by atoms with van der Waals surface area (Å²) in [6, 6.07) is 14.4. The normalized spacial score (nSPS) is 11.4. The number of hydrogen-bond acceptors (Lipinski definition) is 2. The van der Waals surface area contributed by atoms with Crippen LogP contribution in [-0.2, 0) is 13.2 Å². The van der Waals surface area contributed by atoms with Gasteiger partial charge in [-0.1, -0.05) is 24.3 Å². The lowest BCUT2D eigenvalue weighted by molar-refractivity contribution is 0.305. The highest BCUT2D eigenvalue weighted by Crippen LogP contribution is 2.14. The fourth-order valence-electron chi connectivity index (χ4n) is 1.89. The Morgan fingerprint density at radius 1 is 1.00 bits per heavy atom. The molecule has 1 N–H and O–H groups in total. The first-order chi connectivity index (χ1) is 9.92. The van der Waals surface area contributed by atoms with E-state index in [1.165, 1.54) is 17.7 Å². The summed E-state index contributed by atoms with van der Waals surface area (Å²) >= 11 is 0. The van der Waals surface area contributed by atoms with Crippen LogP contribution < -0.4 is 10.1 Å². The quantitative estimate of drug-likeness (QED) is 0.885. The Hall–Kier alpha value is -1.87. The zero-order chi connectivity index (χ0) is 15.3. The summed E-state index contributed by atoms with van der Waals surface area (Å²) in [4.78, 5) is 0. The van der Waals surface area contributed by atoms with E-state index >= 15 is 0 Å². The Kier molecular flexibility index (Phi) is 4.97. The largest absolute Gasteiger partial charge is 0.489 e. The van der Waals surface area contributed by atoms with Gasteiger partial charge in [0.1, 0.15) is 18.2 Å². The molecule has 0 saturated heterocycles. The summed E-state index contributed by atoms with van der Waals surface area (Å²) in [7, 11) is 0. The van der Waals surface area contributed by atoms with Crippen LogP contribution in [0.3, 0.4) is 0 Å². The van der Waals surface area contributed by atoms with Crippen molar-refractivity contribution >= 4 is 0 Å². The molecule has 0 aliphatic carbocycles. The summed E-state index contributed by atoms with van der Waals surface area (Å²) < 4.78 is 18.5. The molecule has 0 amide bonds. The van der Waals surface area contributed by atoms with E-state index in [-0.39, 0.29) is 11.4 Å². The molecule has 2 aromatic rings. The molecular formula is C18H22FNO. The molecule has 2 aromatic carbocycles. The third kappa shape index (κ3) is 5.56. The Morgan fingerprint density at radius 2 is 1.67 bits per heavy atom. The molecule has 0 saturated carbocycles. The van der Waals surface area contributed by atoms with E-state index in [1.807, 2.05) is 12.1 Å². The van der Waals surface area contributed by atoms with E-state index in [0.717, 1.165) is 12.1 Å². The van der Waals surface area contributed by atoms with Crippen LogP contribution in [0.1, 0.15) is 31.9 Å². The zero-order valence-corrected chi connectivity index (χ0v) is 12.8. The molecule has 0 bridgehead atoms. The van der Waals surface area contributed by atoms with Crippen LogP contribution in [0.5, 0.6) is 5.75 Å². The maximum Gasteiger partial charge on any atom is 0.123 e. The topological polar surface area (TPSA) is 21.3 Å². The summed E-state index contributed by atoms with van der Waals surface area (Å²) in [6.45, 7) is 7.75. The molecule has 112 valence electrons. The second-order valence-electron chi connectivity index (χ2n) is 6.17. The monoisotopic (exact) mass is 287 g/mol. The van der Waals surface area contributed by atoms with E-state index < -0.39 is 0 Å². The Bertz CT molecular complexity index is 573. The molecule has 0 aliphatic heterocycles. The first kappa shape index (κ1) is 15.5. The van der Waals surface area contributed by atoms with Gasteiger partial charge in [-0.05, 0) is 56.2 Å². The minimum absolute atomic E-state index is 0.0978. The van der Waals surface area contributed by atoms with E-state index in [4.69, 9.17) is 4.74 Å². The molecular weight excluding hydrogens is 265 g/mol. The predicted molar refractivity (Wildman–Crippen MR) is 83.8 cm³/mol. The standard InChI is InChI=1S/C18H22FNO/c1-18(2,3)20-12-14-5-4-6-15(11-14)13-21-17-9-7-16(19)8-10-17/h4-11,20H,12-13H2,1-3H3. The number of hydrogen-bond donors (Lipinski definition) is 1. The van der Waals surface area contributed by atoms with E-state index in [0.29, 0.717) is 12.4 Å². The number of nitrogens with one attached hydrogen (secondary N) is 1. The number of ether oxygens (including phenoxy) is 1. The summed E-state index contributed by atoms with van der Waals surface area (Å²) in [5.74, 6) is 0.423. The molecule has 2 nitrogen and oxygen atoms in total. The zero-order valence-electron chi connectivity index (χ0n) is 12.8. The first-order valence-electron chi connectivity index (χ1n) is 7.14. The second kappa shape index (κ2) is 6.72. The average Bonchev–Trinajstić information content (AvgIpc) is 2.44. The van der Waals surface area contributed by atoms with Crippen molar-refractivity contribution in [3.63, 3.8) is 0 Å². The van der Waals surface area contributed by atoms with Gasteiger partial charge in [0, 0.05) is 12.1 Å². The number of benzene rings is 2. The van der Waals surface area contributed by atoms with Crippen LogP contribution in [0.2, 0.25) is 0 Å². The minimum Gasteiger partial charge on any atom is -0.489 e. The molecule has 0 unspecified atom stereocenters. The van der Waals surface area contributed by atoms with Crippen molar-refractivity contribution in [2.45, 2.75) is 39.5 Å². The summed E-state index contributed by atoms with van der Waals surface area (Å²) in [5.41, 5.74) is 2.43. The fraction of sp³-hybridized carbons (Fsp3) is 0.333. The van der Waals surface area contributed by atoms with Gasteiger partial charge in [-0.2, -0.15) is 0 Å². The molecule has 0 fully saturated rings. The van der Waals surface area contributed by atoms with Crippen LogP contribution in [0.25, 0.3) is 0 Å². The third-order valence-corrected chi connectivity index (χ3v) is 3.03. The van der Waals surface area contributed by atoms with Gasteiger partial charge >= 0.3 is 0 Å². The van der Waals surface area contributed by atoms with Gasteiger partial charge in [-0.25, -0.2) is 4.39 Å². The molecule has 2 rings (SSSR count). The SMILES string of the molecule is CC(C)(C)NCc1cccc(COc2ccc(F)cc2)c1. The molecule has 0 spiro atoms. The van der Waals surface area contributed by atoms with Gasteiger partial charge in [-0.15, -0.1) is 0 Å². The first-order valence-corrected chi connectivity index (χ1v) is 7.14. The Balaban J connectivity index is 1.93. The minimum atomic E-state index is -0.252. The van der Waals surface area contributed by atoms with Crippen LogP contribution in [0.4, 0.5) is 4.39 Å². The Morgan fingerprint density at radius 3 is 2.33 bits per heavy atom. The van der Waals surface area contributed by atoms with E-state index in [1.54, 1.807) is 12.1 Å². The van der Waals surface area contributed by atoms with Crippen molar-refractivity contribution < 1.29 is 9.13 Å². The smallest absolute Gasteiger partial charge is 0.123 e. The lowest BCUT2D eigenvalue weighted by atomic mass is 10.1. The molecule has 0 aliphatic rings. The highest BCUT2D eigenvalue weighted by Gasteiger charge is 2.08. The van der Waals surface area contributed by atoms with Crippen LogP contribution in [-0.4, -0.2) is 5.54 Å². The number of halogens is 1. The van der Waals surface area contributed by atoms with Gasteiger partial charge in [-0.3, -0.25) is 0 Å². The Labute approximate surface area is 126 Å². The highest BCUT2D eigenvalue weighted by atomic mass is 19.1. The van der Waals surface area contributed by atoms with Crippen molar-refractivity contribution in [3.05, 3.63) is 65.5 Å². The third-order valence-electron chi connectivity index (χ3n) is 3.03. The van der Waals surface area contributed by atoms with Gasteiger partial charge in [0.25, 0.3) is 0 Å². The lowest BCUT2D eigenvalue weighted by Gasteiger charge is -2.20. The molecule has 0 atom stereocenters. The van der Waals surface area contributed by atoms with Gasteiger partial charge in [0.2, 0.25) is 0 Å². The maximum atomic E-state index is 12.8. The molecule has 21 heavy (non-hydrogen) atoms. The van der Waals surface area contributed by atoms with E-state index in [9.17, 15) is 4.39 Å². The lowest BCUT2D eigenvalue weighted by Crippen LogP contribution is -2.35. The average molecular weight is 287 g/mol. The van der Waals surface area contributed by atoms with Crippen molar-refractivity contribution in [2.75, 3.05) is 0 Å². The maximum absolute atomic E-state index is 12.8. The van der Waals surface area contributed by atoms with Crippen molar-refractivity contribution in [1.82, 2.24) is 5.32 Å². The van der Waals surface area contributed by atoms with Crippen molar-refractivity contribution in [2.24, 2.45) is 0 Å². The van der Waals surface area contributed by atoms with E-state index in [2.05, 4.69) is 38.2 Å². The van der Waals surface area contributed by atoms with Crippen LogP contribution >= 0.6 is 0 Å². The van der Waals surface area contributed by atoms with Crippen LogP contribution in [0.15, 0.2) is 48.5 Å². The second-order valence-corrected chi connectivity index (χ2v) is 6.17. The highest BCUT2D eigenvalue weighted by molar-refractivity contribution is 5.25. The fourth-order valence-corrected chi connectivity index (χ4v) is 1.89.